The Balaban J connectivity index is 1.78. The van der Waals surface area contributed by atoms with Crippen LogP contribution < -0.4 is 15.5 Å². The monoisotopic (exact) mass is 336 g/mol. The minimum Gasteiger partial charge on any atom is -0.365 e. The molecule has 1 fully saturated rings. The number of hydrogen-bond donors (Lipinski definition) is 3. The van der Waals surface area contributed by atoms with Gasteiger partial charge in [0.2, 0.25) is 0 Å². The summed E-state index contributed by atoms with van der Waals surface area (Å²) in [6.07, 6.45) is 0.232. The zero-order chi connectivity index (χ0) is 16.8. The quantitative estimate of drug-likeness (QED) is 0.713. The molecule has 1 unspecified atom stereocenters. The number of thiocarbonyl (C=S) groups is 1. The van der Waals surface area contributed by atoms with Crippen molar-refractivity contribution in [3.8, 4) is 0 Å². The van der Waals surface area contributed by atoms with Gasteiger partial charge in [-0.15, -0.1) is 0 Å². The highest BCUT2D eigenvalue weighted by atomic mass is 32.1. The van der Waals surface area contributed by atoms with Gasteiger partial charge in [-0.2, -0.15) is 0 Å². The zero-order valence-electron chi connectivity index (χ0n) is 14.7. The normalized spacial score (nSPS) is 21.3. The number of anilines is 1. The average Bonchev–Trinajstić information content (AvgIpc) is 2.49. The van der Waals surface area contributed by atoms with Gasteiger partial charge in [-0.3, -0.25) is 0 Å². The molecule has 1 heterocycles. The van der Waals surface area contributed by atoms with Gasteiger partial charge in [-0.1, -0.05) is 26.0 Å². The number of quaternary nitrogens is 1. The summed E-state index contributed by atoms with van der Waals surface area (Å²) in [6, 6.07) is 6.34. The molecule has 2 rings (SSSR count). The van der Waals surface area contributed by atoms with Gasteiger partial charge in [0, 0.05) is 18.2 Å². The number of ether oxygens (including phenoxy) is 1. The minimum atomic E-state index is 0.232. The van der Waals surface area contributed by atoms with E-state index in [1.165, 1.54) is 17.7 Å². The lowest BCUT2D eigenvalue weighted by Crippen LogP contribution is -3.15. The lowest BCUT2D eigenvalue weighted by Gasteiger charge is -2.31. The van der Waals surface area contributed by atoms with Crippen LogP contribution in [0.15, 0.2) is 18.2 Å². The van der Waals surface area contributed by atoms with Gasteiger partial charge < -0.3 is 20.3 Å². The van der Waals surface area contributed by atoms with Crippen LogP contribution in [0.4, 0.5) is 5.69 Å². The molecule has 3 N–H and O–H groups in total. The third-order valence-electron chi connectivity index (χ3n) is 4.15. The van der Waals surface area contributed by atoms with E-state index in [1.807, 2.05) is 0 Å². The van der Waals surface area contributed by atoms with E-state index >= 15 is 0 Å². The van der Waals surface area contributed by atoms with Crippen LogP contribution in [0.3, 0.4) is 0 Å². The molecule has 1 aromatic rings. The Morgan fingerprint density at radius 2 is 2.17 bits per heavy atom. The molecule has 0 aromatic heterocycles. The Morgan fingerprint density at radius 1 is 1.39 bits per heavy atom. The van der Waals surface area contributed by atoms with Crippen molar-refractivity contribution < 1.29 is 9.64 Å². The fourth-order valence-corrected chi connectivity index (χ4v) is 3.18. The Bertz CT molecular complexity index is 533. The van der Waals surface area contributed by atoms with Gasteiger partial charge in [0.1, 0.15) is 19.2 Å². The number of morpholine rings is 1. The maximum atomic E-state index is 5.86. The van der Waals surface area contributed by atoms with Crippen molar-refractivity contribution in [1.29, 1.82) is 0 Å². The molecule has 0 amide bonds. The SMILES string of the molecule is Cc1ccc(C)c(NC(=S)NC[C@@H]2C[NH+](CC(C)C)CCO2)c1. The Labute approximate surface area is 145 Å². The molecule has 1 aliphatic rings. The third-order valence-corrected chi connectivity index (χ3v) is 4.40. The van der Waals surface area contributed by atoms with Crippen LogP contribution >= 0.6 is 12.2 Å². The summed E-state index contributed by atoms with van der Waals surface area (Å²) in [4.78, 5) is 1.63. The van der Waals surface area contributed by atoms with E-state index in [4.69, 9.17) is 17.0 Å². The van der Waals surface area contributed by atoms with Crippen LogP contribution in [0.2, 0.25) is 0 Å². The number of rotatable bonds is 5. The summed E-state index contributed by atoms with van der Waals surface area (Å²) in [5.41, 5.74) is 3.49. The van der Waals surface area contributed by atoms with Crippen LogP contribution in [0.1, 0.15) is 25.0 Å². The van der Waals surface area contributed by atoms with Crippen LogP contribution in [-0.2, 0) is 4.74 Å². The van der Waals surface area contributed by atoms with Crippen LogP contribution in [0, 0.1) is 19.8 Å². The first-order chi connectivity index (χ1) is 10.9. The van der Waals surface area contributed by atoms with Gasteiger partial charge in [-0.25, -0.2) is 0 Å². The van der Waals surface area contributed by atoms with Crippen LogP contribution in [0.25, 0.3) is 0 Å². The second kappa shape index (κ2) is 8.62. The van der Waals surface area contributed by atoms with E-state index in [2.05, 4.69) is 56.5 Å². The summed E-state index contributed by atoms with van der Waals surface area (Å²) < 4.78 is 5.86. The summed E-state index contributed by atoms with van der Waals surface area (Å²) in [5, 5.41) is 7.26. The smallest absolute Gasteiger partial charge is 0.170 e. The standard InChI is InChI=1S/C18H29N3OS/c1-13(2)11-21-7-8-22-16(12-21)10-19-18(23)20-17-9-14(3)5-6-15(17)4/h5-6,9,13,16H,7-8,10-12H2,1-4H3,(H2,19,20,23)/p+1/t16-/m1/s1. The topological polar surface area (TPSA) is 37.7 Å². The molecule has 128 valence electrons. The number of nitrogens with one attached hydrogen (secondary N) is 3. The van der Waals surface area contributed by atoms with E-state index in [0.29, 0.717) is 5.11 Å². The van der Waals surface area contributed by atoms with Crippen molar-refractivity contribution in [3.05, 3.63) is 29.3 Å². The van der Waals surface area contributed by atoms with E-state index in [0.717, 1.165) is 37.8 Å². The molecular formula is C18H30N3OS+. The minimum absolute atomic E-state index is 0.232. The molecule has 1 aromatic carbocycles. The van der Waals surface area contributed by atoms with Crippen molar-refractivity contribution in [3.63, 3.8) is 0 Å². The molecule has 0 spiro atoms. The highest BCUT2D eigenvalue weighted by molar-refractivity contribution is 7.80. The fraction of sp³-hybridized carbons (Fsp3) is 0.611. The van der Waals surface area contributed by atoms with Gasteiger partial charge >= 0.3 is 0 Å². The highest BCUT2D eigenvalue weighted by Gasteiger charge is 2.24. The maximum absolute atomic E-state index is 5.86. The number of benzene rings is 1. The van der Waals surface area contributed by atoms with Gasteiger partial charge in [0.05, 0.1) is 13.2 Å². The molecule has 2 atom stereocenters. The molecular weight excluding hydrogens is 306 g/mol. The molecule has 5 heteroatoms. The van der Waals surface area contributed by atoms with E-state index < -0.39 is 0 Å². The van der Waals surface area contributed by atoms with Gasteiger partial charge in [0.15, 0.2) is 5.11 Å². The Hall–Kier alpha value is -1.17. The predicted molar refractivity (Wildman–Crippen MR) is 100 cm³/mol. The first-order valence-corrected chi connectivity index (χ1v) is 8.92. The first-order valence-electron chi connectivity index (χ1n) is 8.51. The maximum Gasteiger partial charge on any atom is 0.170 e. The largest absolute Gasteiger partial charge is 0.365 e. The molecule has 23 heavy (non-hydrogen) atoms. The average molecular weight is 337 g/mol. The summed E-state index contributed by atoms with van der Waals surface area (Å²) in [5.74, 6) is 0.726. The van der Waals surface area contributed by atoms with E-state index in [-0.39, 0.29) is 6.10 Å². The molecule has 1 aliphatic heterocycles. The Morgan fingerprint density at radius 3 is 2.91 bits per heavy atom. The van der Waals surface area contributed by atoms with Crippen LogP contribution in [0.5, 0.6) is 0 Å². The number of aryl methyl sites for hydroxylation is 2. The van der Waals surface area contributed by atoms with E-state index in [9.17, 15) is 0 Å². The van der Waals surface area contributed by atoms with Crippen molar-refractivity contribution in [1.82, 2.24) is 5.32 Å². The summed E-state index contributed by atoms with van der Waals surface area (Å²) >= 11 is 5.42. The molecule has 0 aliphatic carbocycles. The second-order valence-corrected chi connectivity index (χ2v) is 7.36. The Kier molecular flexibility index (Phi) is 6.81. The first kappa shape index (κ1) is 18.2. The van der Waals surface area contributed by atoms with Gasteiger partial charge in [-0.05, 0) is 43.3 Å². The van der Waals surface area contributed by atoms with Crippen molar-refractivity contribution in [2.45, 2.75) is 33.8 Å². The molecule has 0 radical (unpaired) electrons. The van der Waals surface area contributed by atoms with Crippen LogP contribution in [-0.4, -0.2) is 44.0 Å². The van der Waals surface area contributed by atoms with Crippen molar-refractivity contribution >= 4 is 23.0 Å². The molecule has 0 saturated carbocycles. The summed E-state index contributed by atoms with van der Waals surface area (Å²) in [6.45, 7) is 13.7. The second-order valence-electron chi connectivity index (χ2n) is 6.95. The molecule has 0 bridgehead atoms. The van der Waals surface area contributed by atoms with Crippen molar-refractivity contribution in [2.75, 3.05) is 38.1 Å². The zero-order valence-corrected chi connectivity index (χ0v) is 15.6. The third kappa shape index (κ3) is 6.09. The van der Waals surface area contributed by atoms with Crippen molar-refractivity contribution in [2.24, 2.45) is 5.92 Å². The summed E-state index contributed by atoms with van der Waals surface area (Å²) in [7, 11) is 0. The number of hydrogen-bond acceptors (Lipinski definition) is 2. The lowest BCUT2D eigenvalue weighted by atomic mass is 10.1. The fourth-order valence-electron chi connectivity index (χ4n) is 2.99. The molecule has 1 saturated heterocycles. The van der Waals surface area contributed by atoms with Gasteiger partial charge in [0.25, 0.3) is 0 Å². The van der Waals surface area contributed by atoms with E-state index in [1.54, 1.807) is 4.90 Å². The lowest BCUT2D eigenvalue weighted by molar-refractivity contribution is -0.914. The predicted octanol–water partition coefficient (Wildman–Crippen LogP) is 1.53. The molecule has 4 nitrogen and oxygen atoms in total. The highest BCUT2D eigenvalue weighted by Crippen LogP contribution is 2.16.